The second-order valence-electron chi connectivity index (χ2n) is 7.22. The predicted molar refractivity (Wildman–Crippen MR) is 121 cm³/mol. The van der Waals surface area contributed by atoms with Crippen LogP contribution >= 0.6 is 11.3 Å². The van der Waals surface area contributed by atoms with Crippen LogP contribution in [-0.2, 0) is 7.05 Å². The molecule has 0 aliphatic heterocycles. The smallest absolute Gasteiger partial charge is 0.257 e. The number of carbonyl (C=O) groups is 1. The number of pyridine rings is 1. The lowest BCUT2D eigenvalue weighted by Crippen LogP contribution is -2.14. The lowest BCUT2D eigenvalue weighted by Gasteiger charge is -2.09. The van der Waals surface area contributed by atoms with Crippen LogP contribution in [0.15, 0.2) is 54.6 Å². The van der Waals surface area contributed by atoms with Gasteiger partial charge in [-0.2, -0.15) is 5.10 Å². The number of anilines is 1. The van der Waals surface area contributed by atoms with E-state index in [0.717, 1.165) is 43.2 Å². The first-order valence-electron chi connectivity index (χ1n) is 9.58. The lowest BCUT2D eigenvalue weighted by molar-refractivity contribution is 0.102. The Bertz CT molecular complexity index is 1400. The predicted octanol–water partition coefficient (Wildman–Crippen LogP) is 5.11. The Morgan fingerprint density at radius 1 is 1.00 bits per heavy atom. The third-order valence-corrected chi connectivity index (χ3v) is 6.18. The van der Waals surface area contributed by atoms with E-state index in [0.29, 0.717) is 11.3 Å². The molecular weight excluding hydrogens is 394 g/mol. The van der Waals surface area contributed by atoms with E-state index in [9.17, 15) is 4.79 Å². The van der Waals surface area contributed by atoms with E-state index in [1.54, 1.807) is 16.0 Å². The zero-order valence-electron chi connectivity index (χ0n) is 16.8. The largest absolute Gasteiger partial charge is 0.322 e. The van der Waals surface area contributed by atoms with Gasteiger partial charge >= 0.3 is 0 Å². The summed E-state index contributed by atoms with van der Waals surface area (Å²) in [6, 6.07) is 17.7. The topological polar surface area (TPSA) is 72.7 Å². The van der Waals surface area contributed by atoms with Gasteiger partial charge in [-0.05, 0) is 44.2 Å². The zero-order chi connectivity index (χ0) is 20.8. The second kappa shape index (κ2) is 7.03. The maximum absolute atomic E-state index is 13.0. The molecule has 6 nitrogen and oxygen atoms in total. The van der Waals surface area contributed by atoms with E-state index in [-0.39, 0.29) is 5.91 Å². The number of aromatic nitrogens is 4. The molecular formula is C23H19N5OS. The number of rotatable bonds is 3. The van der Waals surface area contributed by atoms with Crippen molar-refractivity contribution in [3.05, 3.63) is 71.5 Å². The summed E-state index contributed by atoms with van der Waals surface area (Å²) >= 11 is 1.64. The molecule has 0 unspecified atom stereocenters. The summed E-state index contributed by atoms with van der Waals surface area (Å²) < 4.78 is 2.88. The number of aryl methyl sites for hydroxylation is 3. The van der Waals surface area contributed by atoms with Gasteiger partial charge in [-0.15, -0.1) is 11.3 Å². The number of benzene rings is 2. The Morgan fingerprint density at radius 2 is 1.83 bits per heavy atom. The quantitative estimate of drug-likeness (QED) is 0.446. The summed E-state index contributed by atoms with van der Waals surface area (Å²) in [7, 11) is 1.86. The minimum Gasteiger partial charge on any atom is -0.322 e. The minimum absolute atomic E-state index is 0.188. The maximum Gasteiger partial charge on any atom is 0.257 e. The highest BCUT2D eigenvalue weighted by atomic mass is 32.1. The molecule has 5 aromatic rings. The number of carbonyl (C=O) groups excluding carboxylic acids is 1. The lowest BCUT2D eigenvalue weighted by atomic mass is 10.1. The van der Waals surface area contributed by atoms with E-state index in [1.165, 1.54) is 0 Å². The highest BCUT2D eigenvalue weighted by molar-refractivity contribution is 7.21. The van der Waals surface area contributed by atoms with Gasteiger partial charge in [0.15, 0.2) is 5.65 Å². The third-order valence-electron chi connectivity index (χ3n) is 5.10. The molecule has 0 saturated carbocycles. The van der Waals surface area contributed by atoms with E-state index in [2.05, 4.69) is 21.5 Å². The molecule has 5 rings (SSSR count). The number of thiazole rings is 1. The monoisotopic (exact) mass is 413 g/mol. The van der Waals surface area contributed by atoms with Gasteiger partial charge in [-0.3, -0.25) is 9.48 Å². The van der Waals surface area contributed by atoms with Crippen molar-refractivity contribution in [1.29, 1.82) is 0 Å². The van der Waals surface area contributed by atoms with Crippen molar-refractivity contribution < 1.29 is 4.79 Å². The number of hydrogen-bond acceptors (Lipinski definition) is 5. The van der Waals surface area contributed by atoms with Gasteiger partial charge in [0, 0.05) is 23.7 Å². The maximum atomic E-state index is 13.0. The van der Waals surface area contributed by atoms with Crippen molar-refractivity contribution in [2.24, 2.45) is 7.05 Å². The number of amides is 1. The fourth-order valence-electron chi connectivity index (χ4n) is 3.59. The average molecular weight is 414 g/mol. The molecule has 1 amide bonds. The summed E-state index contributed by atoms with van der Waals surface area (Å²) in [6.45, 7) is 3.76. The molecule has 0 bridgehead atoms. The number of fused-ring (bicyclic) bond motifs is 2. The van der Waals surface area contributed by atoms with Crippen molar-refractivity contribution in [3.63, 3.8) is 0 Å². The first-order valence-corrected chi connectivity index (χ1v) is 10.4. The fourth-order valence-corrected chi connectivity index (χ4v) is 4.55. The Kier molecular flexibility index (Phi) is 4.33. The molecule has 0 atom stereocenters. The molecule has 3 heterocycles. The van der Waals surface area contributed by atoms with Crippen molar-refractivity contribution >= 4 is 44.2 Å². The van der Waals surface area contributed by atoms with Gasteiger partial charge in [0.25, 0.3) is 5.91 Å². The molecule has 2 aromatic carbocycles. The van der Waals surface area contributed by atoms with E-state index in [4.69, 9.17) is 4.98 Å². The summed E-state index contributed by atoms with van der Waals surface area (Å²) in [5, 5.41) is 9.21. The summed E-state index contributed by atoms with van der Waals surface area (Å²) in [4.78, 5) is 22.3. The summed E-state index contributed by atoms with van der Waals surface area (Å²) in [6.07, 6.45) is 0. The standard InChI is InChI=1S/C23H19N5OS/c1-13-18(12-17-14(2)27-28(3)21(17)24-13)22(29)25-16-8-6-7-15(11-16)23-26-19-9-4-5-10-20(19)30-23/h4-12H,1-3H3,(H,25,29). The van der Waals surface area contributed by atoms with Crippen LogP contribution < -0.4 is 5.32 Å². The molecule has 0 radical (unpaired) electrons. The summed E-state index contributed by atoms with van der Waals surface area (Å²) in [5.41, 5.74) is 5.52. The van der Waals surface area contributed by atoms with Crippen LogP contribution in [0.25, 0.3) is 31.8 Å². The molecule has 3 aromatic heterocycles. The molecule has 0 fully saturated rings. The van der Waals surface area contributed by atoms with Crippen molar-refractivity contribution in [2.75, 3.05) is 5.32 Å². The Hall–Kier alpha value is -3.58. The van der Waals surface area contributed by atoms with Crippen LogP contribution in [0.5, 0.6) is 0 Å². The van der Waals surface area contributed by atoms with Crippen LogP contribution in [-0.4, -0.2) is 25.7 Å². The zero-order valence-corrected chi connectivity index (χ0v) is 17.6. The van der Waals surface area contributed by atoms with Crippen molar-refractivity contribution in [2.45, 2.75) is 13.8 Å². The van der Waals surface area contributed by atoms with Crippen LogP contribution in [0.2, 0.25) is 0 Å². The molecule has 0 aliphatic rings. The van der Waals surface area contributed by atoms with Crippen LogP contribution in [0.1, 0.15) is 21.7 Å². The first kappa shape index (κ1) is 18.4. The third kappa shape index (κ3) is 3.13. The van der Waals surface area contributed by atoms with Gasteiger partial charge in [0.05, 0.1) is 27.2 Å². The molecule has 0 spiro atoms. The van der Waals surface area contributed by atoms with Crippen molar-refractivity contribution in [1.82, 2.24) is 19.7 Å². The van der Waals surface area contributed by atoms with E-state index in [1.807, 2.05) is 69.4 Å². The molecule has 0 aliphatic carbocycles. The Labute approximate surface area is 177 Å². The van der Waals surface area contributed by atoms with Crippen LogP contribution in [0, 0.1) is 13.8 Å². The fraction of sp³-hybridized carbons (Fsp3) is 0.130. The first-order chi connectivity index (χ1) is 14.5. The number of para-hydroxylation sites is 1. The average Bonchev–Trinajstić information content (AvgIpc) is 3.28. The SMILES string of the molecule is Cc1nc2c(cc1C(=O)Nc1cccc(-c3nc4ccccc4s3)c1)c(C)nn2C. The van der Waals surface area contributed by atoms with Crippen LogP contribution in [0.4, 0.5) is 5.69 Å². The number of hydrogen-bond donors (Lipinski definition) is 1. The molecule has 148 valence electrons. The van der Waals surface area contributed by atoms with Crippen molar-refractivity contribution in [3.8, 4) is 10.6 Å². The number of nitrogens with zero attached hydrogens (tertiary/aromatic N) is 4. The Morgan fingerprint density at radius 3 is 2.67 bits per heavy atom. The molecule has 7 heteroatoms. The van der Waals surface area contributed by atoms with E-state index >= 15 is 0 Å². The number of nitrogens with one attached hydrogen (secondary N) is 1. The Balaban J connectivity index is 1.47. The molecule has 1 N–H and O–H groups in total. The van der Waals surface area contributed by atoms with Gasteiger partial charge in [0.1, 0.15) is 5.01 Å². The minimum atomic E-state index is -0.188. The van der Waals surface area contributed by atoms with Gasteiger partial charge in [0.2, 0.25) is 0 Å². The normalized spacial score (nSPS) is 11.3. The van der Waals surface area contributed by atoms with Gasteiger partial charge < -0.3 is 5.32 Å². The highest BCUT2D eigenvalue weighted by Gasteiger charge is 2.16. The van der Waals surface area contributed by atoms with Gasteiger partial charge in [-0.25, -0.2) is 9.97 Å². The van der Waals surface area contributed by atoms with Crippen LogP contribution in [0.3, 0.4) is 0 Å². The molecule has 0 saturated heterocycles. The van der Waals surface area contributed by atoms with Gasteiger partial charge in [-0.1, -0.05) is 24.3 Å². The summed E-state index contributed by atoms with van der Waals surface area (Å²) in [5.74, 6) is -0.188. The molecule has 30 heavy (non-hydrogen) atoms. The van der Waals surface area contributed by atoms with E-state index < -0.39 is 0 Å². The highest BCUT2D eigenvalue weighted by Crippen LogP contribution is 2.31. The second-order valence-corrected chi connectivity index (χ2v) is 8.25.